The minimum Gasteiger partial charge on any atom is -0.388 e. The van der Waals surface area contributed by atoms with Gasteiger partial charge < -0.3 is 29.4 Å². The maximum absolute atomic E-state index is 13.6. The maximum atomic E-state index is 13.6. The van der Waals surface area contributed by atoms with E-state index in [-0.39, 0.29) is 4.57 Å². The third-order valence-electron chi connectivity index (χ3n) is 3.76. The number of hydrogen-bond donors (Lipinski definition) is 6. The lowest BCUT2D eigenvalue weighted by Crippen LogP contribution is -2.47. The van der Waals surface area contributed by atoms with Gasteiger partial charge in [0.25, 0.3) is 5.56 Å². The van der Waals surface area contributed by atoms with Crippen LogP contribution in [0.3, 0.4) is 0 Å². The fraction of sp³-hybridized carbons (Fsp3) is 0.600. The average Bonchev–Trinajstić information content (AvgIpc) is 2.85. The van der Waals surface area contributed by atoms with Crippen LogP contribution in [0.1, 0.15) is 6.23 Å². The number of nitrogens with one attached hydrogen (secondary N) is 1. The van der Waals surface area contributed by atoms with Crippen LogP contribution in [-0.2, 0) is 31.6 Å². The molecule has 1 aromatic heterocycles. The number of aromatic nitrogens is 2. The number of ether oxygens (including phenoxy) is 1. The summed E-state index contributed by atoms with van der Waals surface area (Å²) in [6.45, 7) is -2.85. The van der Waals surface area contributed by atoms with Crippen molar-refractivity contribution < 1.29 is 65.0 Å². The lowest BCUT2D eigenvalue weighted by molar-refractivity contribution is -0.0470. The molecule has 0 spiro atoms. The first kappa shape index (κ1) is 27.4. The van der Waals surface area contributed by atoms with E-state index in [2.05, 4.69) is 13.1 Å². The van der Waals surface area contributed by atoms with Crippen molar-refractivity contribution in [1.29, 1.82) is 0 Å². The molecule has 0 aromatic carbocycles. The molecule has 1 fully saturated rings. The van der Waals surface area contributed by atoms with Crippen molar-refractivity contribution in [3.8, 4) is 0 Å². The normalized spacial score (nSPS) is 30.1. The highest BCUT2D eigenvalue weighted by atomic mass is 35.5. The van der Waals surface area contributed by atoms with Gasteiger partial charge in [-0.2, -0.15) is 13.0 Å². The third-order valence-corrected chi connectivity index (χ3v) is 8.07. The number of hydrogen-bond acceptors (Lipinski definition) is 10. The van der Waals surface area contributed by atoms with E-state index < -0.39 is 77.1 Å². The number of phosphoric ester groups is 1. The average molecular weight is 553 g/mol. The zero-order chi connectivity index (χ0) is 24.7. The number of halogens is 3. The molecular formula is C10H14ClF2N2O14P3. The van der Waals surface area contributed by atoms with Gasteiger partial charge in [-0.1, -0.05) is 0 Å². The molecule has 1 aliphatic rings. The Morgan fingerprint density at radius 1 is 1.19 bits per heavy atom. The fourth-order valence-corrected chi connectivity index (χ4v) is 5.81. The molecule has 1 saturated heterocycles. The number of alkyl halides is 2. The zero-order valence-electron chi connectivity index (χ0n) is 15.1. The van der Waals surface area contributed by atoms with Crippen LogP contribution >= 0.6 is 35.1 Å². The number of aliphatic hydroxyl groups excluding tert-OH is 1. The van der Waals surface area contributed by atoms with Gasteiger partial charge in [-0.05, 0) is 0 Å². The van der Waals surface area contributed by atoms with Crippen molar-refractivity contribution >= 4 is 35.1 Å². The molecule has 32 heavy (non-hydrogen) atoms. The Kier molecular flexibility index (Phi) is 8.07. The van der Waals surface area contributed by atoms with Crippen LogP contribution in [0.4, 0.5) is 8.78 Å². The smallest absolute Gasteiger partial charge is 0.388 e. The van der Waals surface area contributed by atoms with E-state index in [4.69, 9.17) is 31.0 Å². The Morgan fingerprint density at radius 2 is 1.78 bits per heavy atom. The van der Waals surface area contributed by atoms with Gasteiger partial charge in [0.15, 0.2) is 6.23 Å². The first-order chi connectivity index (χ1) is 14.4. The number of aromatic amines is 1. The van der Waals surface area contributed by atoms with Crippen LogP contribution in [0.5, 0.6) is 0 Å². The highest BCUT2D eigenvalue weighted by Gasteiger charge is 2.57. The summed E-state index contributed by atoms with van der Waals surface area (Å²) in [5.74, 6) is -1.50. The Labute approximate surface area is 179 Å². The Balaban J connectivity index is 2.22. The summed E-state index contributed by atoms with van der Waals surface area (Å²) in [6.07, 6.45) is -5.65. The lowest BCUT2D eigenvalue weighted by Gasteiger charge is -2.27. The van der Waals surface area contributed by atoms with E-state index in [9.17, 15) is 42.1 Å². The van der Waals surface area contributed by atoms with Crippen LogP contribution < -0.4 is 11.2 Å². The SMILES string of the molecule is O=c1[nH]c(=O)n([C@@H]2O[C@H](COP(=O)(O)OP(=O)(O)OP(=O)(O)O)C(O)[C@]2(Cl)CF)cc1F. The number of H-pyrrole nitrogens is 1. The second-order valence-electron chi connectivity index (χ2n) is 6.06. The predicted octanol–water partition coefficient (Wildman–Crippen LogP) is -0.776. The summed E-state index contributed by atoms with van der Waals surface area (Å²) in [7, 11) is -17.1. The van der Waals surface area contributed by atoms with Gasteiger partial charge in [0.05, 0.1) is 12.8 Å². The van der Waals surface area contributed by atoms with E-state index in [1.807, 2.05) is 0 Å². The molecule has 22 heteroatoms. The molecule has 2 rings (SSSR count). The molecule has 0 amide bonds. The lowest BCUT2D eigenvalue weighted by atomic mass is 10.00. The van der Waals surface area contributed by atoms with Crippen LogP contribution in [0.15, 0.2) is 15.8 Å². The summed E-state index contributed by atoms with van der Waals surface area (Å²) in [5.41, 5.74) is -2.74. The molecule has 1 aromatic rings. The number of phosphoric acid groups is 3. The van der Waals surface area contributed by atoms with E-state index in [1.54, 1.807) is 0 Å². The molecule has 184 valence electrons. The van der Waals surface area contributed by atoms with E-state index in [0.29, 0.717) is 6.20 Å². The van der Waals surface area contributed by atoms with Crippen molar-refractivity contribution in [2.45, 2.75) is 23.3 Å². The standard InChI is InChI=1S/C10H14ClF2N2O14P3/c11-10(3-12)6(16)5(27-8(10)15-1-4(13)7(17)14-9(15)18)2-26-31(22,23)29-32(24,25)28-30(19,20)21/h1,5-6,8,16H,2-3H2,(H,22,23)(H,24,25)(H,14,17,18)(H2,19,20,21)/t5-,6?,8-,10-/m1/s1. The second kappa shape index (κ2) is 9.43. The van der Waals surface area contributed by atoms with Crippen LogP contribution in [-0.4, -0.2) is 64.6 Å². The summed E-state index contributed by atoms with van der Waals surface area (Å²) >= 11 is 5.96. The third kappa shape index (κ3) is 6.39. The summed E-state index contributed by atoms with van der Waals surface area (Å²) in [6, 6.07) is 0. The van der Waals surface area contributed by atoms with Gasteiger partial charge in [-0.25, -0.2) is 22.9 Å². The van der Waals surface area contributed by atoms with Gasteiger partial charge in [-0.15, -0.1) is 11.6 Å². The van der Waals surface area contributed by atoms with Crippen LogP contribution in [0.2, 0.25) is 0 Å². The fourth-order valence-electron chi connectivity index (χ4n) is 2.49. The number of aliphatic hydroxyl groups is 1. The molecule has 6 atom stereocenters. The quantitative estimate of drug-likeness (QED) is 0.163. The largest absolute Gasteiger partial charge is 0.490 e. The zero-order valence-corrected chi connectivity index (χ0v) is 18.5. The Morgan fingerprint density at radius 3 is 2.31 bits per heavy atom. The summed E-state index contributed by atoms with van der Waals surface area (Å²) in [5, 5.41) is 10.2. The summed E-state index contributed by atoms with van der Waals surface area (Å²) in [4.78, 5) is 57.5. The molecule has 2 heterocycles. The van der Waals surface area contributed by atoms with Crippen molar-refractivity contribution in [3.63, 3.8) is 0 Å². The van der Waals surface area contributed by atoms with E-state index in [0.717, 1.165) is 0 Å². The predicted molar refractivity (Wildman–Crippen MR) is 95.6 cm³/mol. The Bertz CT molecular complexity index is 1120. The van der Waals surface area contributed by atoms with Gasteiger partial charge in [-0.3, -0.25) is 18.9 Å². The highest BCUT2D eigenvalue weighted by molar-refractivity contribution is 7.66. The van der Waals surface area contributed by atoms with Gasteiger partial charge in [0, 0.05) is 0 Å². The second-order valence-corrected chi connectivity index (χ2v) is 11.2. The molecule has 0 aliphatic carbocycles. The molecule has 1 aliphatic heterocycles. The first-order valence-corrected chi connectivity index (χ1v) is 12.7. The molecule has 16 nitrogen and oxygen atoms in total. The Hall–Kier alpha value is -0.840. The van der Waals surface area contributed by atoms with E-state index in [1.165, 1.54) is 4.98 Å². The van der Waals surface area contributed by atoms with Crippen molar-refractivity contribution in [2.24, 2.45) is 0 Å². The molecule has 0 saturated carbocycles. The molecule has 0 bridgehead atoms. The number of rotatable bonds is 9. The molecule has 3 unspecified atom stereocenters. The summed E-state index contributed by atoms with van der Waals surface area (Å²) < 4.78 is 77.4. The first-order valence-electron chi connectivity index (χ1n) is 7.78. The topological polar surface area (TPSA) is 244 Å². The van der Waals surface area contributed by atoms with Gasteiger partial charge >= 0.3 is 29.2 Å². The van der Waals surface area contributed by atoms with Crippen molar-refractivity contribution in [2.75, 3.05) is 13.3 Å². The minimum absolute atomic E-state index is 0.289. The molecule has 0 radical (unpaired) electrons. The van der Waals surface area contributed by atoms with Crippen LogP contribution in [0, 0.1) is 5.82 Å². The maximum Gasteiger partial charge on any atom is 0.490 e. The van der Waals surface area contributed by atoms with Crippen LogP contribution in [0.25, 0.3) is 0 Å². The number of nitrogens with zero attached hydrogens (tertiary/aromatic N) is 1. The monoisotopic (exact) mass is 552 g/mol. The van der Waals surface area contributed by atoms with E-state index >= 15 is 0 Å². The molecular weight excluding hydrogens is 538 g/mol. The van der Waals surface area contributed by atoms with Gasteiger partial charge in [0.2, 0.25) is 5.82 Å². The van der Waals surface area contributed by atoms with Crippen molar-refractivity contribution in [3.05, 3.63) is 32.9 Å². The minimum atomic E-state index is -5.83. The molecule has 6 N–H and O–H groups in total. The highest BCUT2D eigenvalue weighted by Crippen LogP contribution is 2.66. The van der Waals surface area contributed by atoms with Gasteiger partial charge in [0.1, 0.15) is 23.8 Å². The van der Waals surface area contributed by atoms with Crippen molar-refractivity contribution in [1.82, 2.24) is 9.55 Å².